The summed E-state index contributed by atoms with van der Waals surface area (Å²) in [5.74, 6) is -1.87. The molecule has 0 unspecified atom stereocenters. The largest absolute Gasteiger partial charge is 0.479 e. The zero-order valence-corrected chi connectivity index (χ0v) is 10.6. The van der Waals surface area contributed by atoms with E-state index in [-0.39, 0.29) is 6.54 Å². The van der Waals surface area contributed by atoms with Gasteiger partial charge in [-0.2, -0.15) is 0 Å². The van der Waals surface area contributed by atoms with Gasteiger partial charge in [0.1, 0.15) is 18.2 Å². The molecule has 1 atom stereocenters. The van der Waals surface area contributed by atoms with Crippen LogP contribution in [0, 0.1) is 0 Å². The van der Waals surface area contributed by atoms with Crippen molar-refractivity contribution in [2.75, 3.05) is 6.54 Å². The van der Waals surface area contributed by atoms with Crippen LogP contribution < -0.4 is 10.6 Å². The maximum Gasteiger partial charge on any atom is 0.408 e. The van der Waals surface area contributed by atoms with Crippen molar-refractivity contribution in [3.8, 4) is 0 Å². The number of carbonyl (C=O) groups excluding carboxylic acids is 2. The average Bonchev–Trinajstić information content (AvgIpc) is 2.20. The second kappa shape index (κ2) is 6.63. The number of amides is 2. The minimum Gasteiger partial charge on any atom is -0.479 e. The third-order valence-electron chi connectivity index (χ3n) is 1.61. The van der Waals surface area contributed by atoms with Gasteiger partial charge in [-0.25, -0.2) is 9.59 Å². The molecule has 0 saturated heterocycles. The van der Waals surface area contributed by atoms with Gasteiger partial charge in [-0.05, 0) is 20.8 Å². The summed E-state index contributed by atoms with van der Waals surface area (Å²) in [6.07, 6.45) is 0.330. The molecule has 7 heteroatoms. The third kappa shape index (κ3) is 7.26. The number of nitrogens with one attached hydrogen (secondary N) is 2. The SMILES string of the molecule is C=C[C@H](NC(=O)CNC(=O)OC(C)(C)C)C(=O)O. The average molecular weight is 258 g/mol. The predicted molar refractivity (Wildman–Crippen MR) is 64.0 cm³/mol. The molecule has 0 aromatic rings. The zero-order valence-electron chi connectivity index (χ0n) is 10.6. The number of rotatable bonds is 5. The topological polar surface area (TPSA) is 105 Å². The Morgan fingerprint density at radius 2 is 1.94 bits per heavy atom. The minimum atomic E-state index is -1.23. The monoisotopic (exact) mass is 258 g/mol. The van der Waals surface area contributed by atoms with Crippen molar-refractivity contribution in [3.63, 3.8) is 0 Å². The van der Waals surface area contributed by atoms with Gasteiger partial charge >= 0.3 is 12.1 Å². The minimum absolute atomic E-state index is 0.369. The highest BCUT2D eigenvalue weighted by molar-refractivity contribution is 5.87. The standard InChI is InChI=1S/C11H18N2O5/c1-5-7(9(15)16)13-8(14)6-12-10(17)18-11(2,3)4/h5,7H,1,6H2,2-4H3,(H,12,17)(H,13,14)(H,15,16)/t7-/m0/s1. The molecule has 102 valence electrons. The first-order valence-corrected chi connectivity index (χ1v) is 5.27. The summed E-state index contributed by atoms with van der Waals surface area (Å²) in [7, 11) is 0. The first kappa shape index (κ1) is 16.0. The van der Waals surface area contributed by atoms with Crippen LogP contribution in [0.2, 0.25) is 0 Å². The number of carboxylic acids is 1. The first-order chi connectivity index (χ1) is 8.15. The Hall–Kier alpha value is -2.05. The predicted octanol–water partition coefficient (Wildman–Crippen LogP) is 0.267. The smallest absolute Gasteiger partial charge is 0.408 e. The van der Waals surface area contributed by atoms with Crippen LogP contribution >= 0.6 is 0 Å². The summed E-state index contributed by atoms with van der Waals surface area (Å²) in [6, 6.07) is -1.18. The summed E-state index contributed by atoms with van der Waals surface area (Å²) in [6.45, 7) is 7.96. The lowest BCUT2D eigenvalue weighted by Crippen LogP contribution is -2.45. The fourth-order valence-electron chi connectivity index (χ4n) is 0.913. The molecule has 0 aromatic heterocycles. The van der Waals surface area contributed by atoms with Crippen LogP contribution in [0.15, 0.2) is 12.7 Å². The molecule has 3 N–H and O–H groups in total. The van der Waals surface area contributed by atoms with E-state index in [0.717, 1.165) is 6.08 Å². The van der Waals surface area contributed by atoms with Crippen molar-refractivity contribution in [3.05, 3.63) is 12.7 Å². The molecule has 18 heavy (non-hydrogen) atoms. The summed E-state index contributed by atoms with van der Waals surface area (Å²) in [5.41, 5.74) is -0.661. The molecule has 0 bridgehead atoms. The number of hydrogen-bond acceptors (Lipinski definition) is 4. The second-order valence-corrected chi connectivity index (χ2v) is 4.47. The van der Waals surface area contributed by atoms with Gasteiger partial charge < -0.3 is 20.5 Å². The van der Waals surface area contributed by atoms with Gasteiger partial charge in [-0.1, -0.05) is 6.08 Å². The summed E-state index contributed by atoms with van der Waals surface area (Å²) in [5, 5.41) is 13.0. The molecule has 0 aliphatic rings. The fraction of sp³-hybridized carbons (Fsp3) is 0.545. The van der Waals surface area contributed by atoms with Crippen molar-refractivity contribution in [1.82, 2.24) is 10.6 Å². The Labute approximate surface area is 105 Å². The molecular formula is C11H18N2O5. The van der Waals surface area contributed by atoms with Gasteiger partial charge in [0.05, 0.1) is 0 Å². The number of carboxylic acid groups (broad SMARTS) is 1. The maximum atomic E-state index is 11.3. The Balaban J connectivity index is 4.08. The highest BCUT2D eigenvalue weighted by atomic mass is 16.6. The van der Waals surface area contributed by atoms with Gasteiger partial charge in [0, 0.05) is 0 Å². The molecule has 0 aliphatic carbocycles. The normalized spacial score (nSPS) is 12.2. The van der Waals surface area contributed by atoms with Gasteiger partial charge in [0.15, 0.2) is 0 Å². The van der Waals surface area contributed by atoms with Crippen molar-refractivity contribution in [1.29, 1.82) is 0 Å². The Morgan fingerprint density at radius 3 is 2.33 bits per heavy atom. The van der Waals surface area contributed by atoms with Crippen LogP contribution in [-0.2, 0) is 14.3 Å². The first-order valence-electron chi connectivity index (χ1n) is 5.27. The van der Waals surface area contributed by atoms with Gasteiger partial charge in [-0.3, -0.25) is 4.79 Å². The van der Waals surface area contributed by atoms with Crippen molar-refractivity contribution in [2.45, 2.75) is 32.4 Å². The molecule has 0 radical (unpaired) electrons. The molecule has 7 nitrogen and oxygen atoms in total. The highest BCUT2D eigenvalue weighted by Gasteiger charge is 2.18. The van der Waals surface area contributed by atoms with Gasteiger partial charge in [0.25, 0.3) is 0 Å². The van der Waals surface area contributed by atoms with E-state index in [4.69, 9.17) is 9.84 Å². The number of carbonyl (C=O) groups is 3. The highest BCUT2D eigenvalue weighted by Crippen LogP contribution is 2.05. The van der Waals surface area contributed by atoms with Crippen LogP contribution in [0.25, 0.3) is 0 Å². The van der Waals surface area contributed by atoms with E-state index >= 15 is 0 Å². The lowest BCUT2D eigenvalue weighted by molar-refractivity contribution is -0.140. The Kier molecular flexibility index (Phi) is 5.87. The van der Waals surface area contributed by atoms with Crippen LogP contribution in [0.3, 0.4) is 0 Å². The van der Waals surface area contributed by atoms with Crippen molar-refractivity contribution >= 4 is 18.0 Å². The molecule has 2 amide bonds. The van der Waals surface area contributed by atoms with Crippen LogP contribution in [0.1, 0.15) is 20.8 Å². The van der Waals surface area contributed by atoms with Gasteiger partial charge in [-0.15, -0.1) is 6.58 Å². The molecule has 0 spiro atoms. The Morgan fingerprint density at radius 1 is 1.39 bits per heavy atom. The second-order valence-electron chi connectivity index (χ2n) is 4.47. The lowest BCUT2D eigenvalue weighted by Gasteiger charge is -2.19. The van der Waals surface area contributed by atoms with E-state index in [9.17, 15) is 14.4 Å². The van der Waals surface area contributed by atoms with E-state index in [1.165, 1.54) is 0 Å². The molecule has 0 fully saturated rings. The van der Waals surface area contributed by atoms with E-state index in [2.05, 4.69) is 17.2 Å². The van der Waals surface area contributed by atoms with E-state index in [0.29, 0.717) is 0 Å². The van der Waals surface area contributed by atoms with Crippen LogP contribution in [0.5, 0.6) is 0 Å². The fourth-order valence-corrected chi connectivity index (χ4v) is 0.913. The van der Waals surface area contributed by atoms with Crippen molar-refractivity contribution < 1.29 is 24.2 Å². The van der Waals surface area contributed by atoms with Gasteiger partial charge in [0.2, 0.25) is 5.91 Å². The Bertz CT molecular complexity index is 346. The van der Waals surface area contributed by atoms with E-state index in [1.54, 1.807) is 20.8 Å². The molecular weight excluding hydrogens is 240 g/mol. The zero-order chi connectivity index (χ0) is 14.3. The van der Waals surface area contributed by atoms with Crippen LogP contribution in [0.4, 0.5) is 4.79 Å². The molecule has 0 heterocycles. The number of hydrogen-bond donors (Lipinski definition) is 3. The molecule has 0 rings (SSSR count). The molecule has 0 saturated carbocycles. The lowest BCUT2D eigenvalue weighted by atomic mass is 10.2. The van der Waals surface area contributed by atoms with E-state index in [1.807, 2.05) is 0 Å². The van der Waals surface area contributed by atoms with E-state index < -0.39 is 29.6 Å². The maximum absolute atomic E-state index is 11.3. The summed E-state index contributed by atoms with van der Waals surface area (Å²) >= 11 is 0. The summed E-state index contributed by atoms with van der Waals surface area (Å²) < 4.78 is 4.90. The quantitative estimate of drug-likeness (QED) is 0.614. The number of ether oxygens (including phenoxy) is 1. The molecule has 0 aliphatic heterocycles. The number of alkyl carbamates (subject to hydrolysis) is 1. The molecule has 0 aromatic carbocycles. The third-order valence-corrected chi connectivity index (χ3v) is 1.61. The number of aliphatic carboxylic acids is 1. The van der Waals surface area contributed by atoms with Crippen LogP contribution in [-0.4, -0.2) is 41.3 Å². The summed E-state index contributed by atoms with van der Waals surface area (Å²) in [4.78, 5) is 33.1. The van der Waals surface area contributed by atoms with Crippen molar-refractivity contribution in [2.24, 2.45) is 0 Å².